The Kier molecular flexibility index (Phi) is 2.92. The van der Waals surface area contributed by atoms with E-state index in [4.69, 9.17) is 5.73 Å². The zero-order valence-electron chi connectivity index (χ0n) is 6.17. The van der Waals surface area contributed by atoms with E-state index in [2.05, 4.69) is 15.9 Å². The van der Waals surface area contributed by atoms with E-state index in [9.17, 15) is 17.6 Å². The molecular formula is C7H4BrF4N. The van der Waals surface area contributed by atoms with Crippen LogP contribution in [0.5, 0.6) is 0 Å². The largest absolute Gasteiger partial charge is 0.326 e. The molecule has 0 aromatic heterocycles. The van der Waals surface area contributed by atoms with Crippen LogP contribution in [0.15, 0.2) is 4.47 Å². The molecule has 0 bridgehead atoms. The molecule has 0 heterocycles. The van der Waals surface area contributed by atoms with Crippen LogP contribution in [-0.4, -0.2) is 0 Å². The molecule has 0 amide bonds. The molecule has 6 heteroatoms. The van der Waals surface area contributed by atoms with Crippen LogP contribution < -0.4 is 5.73 Å². The number of halogens is 5. The molecule has 0 aliphatic carbocycles. The molecule has 1 rings (SSSR count). The first kappa shape index (κ1) is 10.5. The molecule has 13 heavy (non-hydrogen) atoms. The van der Waals surface area contributed by atoms with Crippen molar-refractivity contribution in [2.75, 3.05) is 0 Å². The van der Waals surface area contributed by atoms with Gasteiger partial charge in [-0.15, -0.1) is 0 Å². The van der Waals surface area contributed by atoms with Crippen molar-refractivity contribution in [3.63, 3.8) is 0 Å². The van der Waals surface area contributed by atoms with Crippen LogP contribution in [0.2, 0.25) is 0 Å². The first-order valence-corrected chi connectivity index (χ1v) is 4.00. The highest BCUT2D eigenvalue weighted by Crippen LogP contribution is 2.27. The predicted molar refractivity (Wildman–Crippen MR) is 41.9 cm³/mol. The maximum absolute atomic E-state index is 12.9. The minimum Gasteiger partial charge on any atom is -0.326 e. The molecule has 1 aromatic carbocycles. The van der Waals surface area contributed by atoms with Gasteiger partial charge in [-0.25, -0.2) is 17.6 Å². The first-order valence-electron chi connectivity index (χ1n) is 3.21. The van der Waals surface area contributed by atoms with Crippen LogP contribution in [0.4, 0.5) is 17.6 Å². The fourth-order valence-electron chi connectivity index (χ4n) is 0.830. The SMILES string of the molecule is NCc1c(F)c(F)c(F)c(Br)c1F. The summed E-state index contributed by atoms with van der Waals surface area (Å²) in [6.07, 6.45) is 0. The standard InChI is InChI=1S/C7H4BrF4N/c8-3-4(9)2(1-13)5(10)7(12)6(3)11/h1,13H2. The molecule has 1 nitrogen and oxygen atoms in total. The van der Waals surface area contributed by atoms with Gasteiger partial charge >= 0.3 is 0 Å². The van der Waals surface area contributed by atoms with Crippen molar-refractivity contribution in [1.82, 2.24) is 0 Å². The summed E-state index contributed by atoms with van der Waals surface area (Å²) >= 11 is 2.44. The summed E-state index contributed by atoms with van der Waals surface area (Å²) in [5.41, 5.74) is 4.27. The number of rotatable bonds is 1. The summed E-state index contributed by atoms with van der Waals surface area (Å²) < 4.78 is 50.2. The third-order valence-corrected chi connectivity index (χ3v) is 2.20. The van der Waals surface area contributed by atoms with Crippen molar-refractivity contribution in [2.45, 2.75) is 6.54 Å². The zero-order valence-corrected chi connectivity index (χ0v) is 7.76. The van der Waals surface area contributed by atoms with Crippen LogP contribution in [0.1, 0.15) is 5.56 Å². The average molecular weight is 258 g/mol. The van der Waals surface area contributed by atoms with E-state index in [1.54, 1.807) is 0 Å². The fourth-order valence-corrected chi connectivity index (χ4v) is 1.24. The summed E-state index contributed by atoms with van der Waals surface area (Å²) in [5.74, 6) is -6.11. The van der Waals surface area contributed by atoms with E-state index in [0.717, 1.165) is 0 Å². The molecule has 0 saturated heterocycles. The molecule has 0 atom stereocenters. The summed E-state index contributed by atoms with van der Waals surface area (Å²) in [6.45, 7) is -0.534. The van der Waals surface area contributed by atoms with Gasteiger partial charge in [0.2, 0.25) is 0 Å². The second-order valence-corrected chi connectivity index (χ2v) is 3.05. The zero-order chi connectivity index (χ0) is 10.2. The van der Waals surface area contributed by atoms with E-state index >= 15 is 0 Å². The van der Waals surface area contributed by atoms with Crippen molar-refractivity contribution in [1.29, 1.82) is 0 Å². The Balaban J connectivity index is 3.56. The highest BCUT2D eigenvalue weighted by molar-refractivity contribution is 9.10. The summed E-state index contributed by atoms with van der Waals surface area (Å²) in [7, 11) is 0. The Morgan fingerprint density at radius 1 is 0.923 bits per heavy atom. The maximum atomic E-state index is 12.9. The Morgan fingerprint density at radius 2 is 1.46 bits per heavy atom. The van der Waals surface area contributed by atoms with Gasteiger partial charge in [0.05, 0.1) is 4.47 Å². The van der Waals surface area contributed by atoms with Crippen molar-refractivity contribution < 1.29 is 17.6 Å². The van der Waals surface area contributed by atoms with E-state index in [-0.39, 0.29) is 0 Å². The van der Waals surface area contributed by atoms with Gasteiger partial charge in [-0.1, -0.05) is 0 Å². The van der Waals surface area contributed by atoms with Gasteiger partial charge in [0, 0.05) is 12.1 Å². The Bertz CT molecular complexity index is 324. The molecule has 0 radical (unpaired) electrons. The van der Waals surface area contributed by atoms with Gasteiger partial charge in [0.15, 0.2) is 17.5 Å². The lowest BCUT2D eigenvalue weighted by Gasteiger charge is -2.06. The summed E-state index contributed by atoms with van der Waals surface area (Å²) in [4.78, 5) is 0. The molecular weight excluding hydrogens is 254 g/mol. The molecule has 0 spiro atoms. The first-order chi connectivity index (χ1) is 6.00. The van der Waals surface area contributed by atoms with Crippen molar-refractivity contribution in [3.05, 3.63) is 33.3 Å². The smallest absolute Gasteiger partial charge is 0.196 e. The van der Waals surface area contributed by atoms with Gasteiger partial charge in [-0.05, 0) is 15.9 Å². The third kappa shape index (κ3) is 1.55. The number of hydrogen-bond donors (Lipinski definition) is 1. The molecule has 0 aliphatic heterocycles. The highest BCUT2D eigenvalue weighted by Gasteiger charge is 2.22. The normalized spacial score (nSPS) is 10.6. The lowest BCUT2D eigenvalue weighted by Crippen LogP contribution is -2.08. The van der Waals surface area contributed by atoms with Crippen molar-refractivity contribution in [3.8, 4) is 0 Å². The van der Waals surface area contributed by atoms with Gasteiger partial charge in [0.1, 0.15) is 5.82 Å². The molecule has 72 valence electrons. The van der Waals surface area contributed by atoms with Crippen LogP contribution in [0.3, 0.4) is 0 Å². The molecule has 2 N–H and O–H groups in total. The highest BCUT2D eigenvalue weighted by atomic mass is 79.9. The minimum atomic E-state index is -1.73. The predicted octanol–water partition coefficient (Wildman–Crippen LogP) is 2.46. The van der Waals surface area contributed by atoms with Gasteiger partial charge in [0.25, 0.3) is 0 Å². The molecule has 0 fully saturated rings. The summed E-state index contributed by atoms with van der Waals surface area (Å²) in [5, 5.41) is 0. The van der Waals surface area contributed by atoms with Gasteiger partial charge < -0.3 is 5.73 Å². The molecule has 0 saturated carbocycles. The minimum absolute atomic E-state index is 0.534. The molecule has 0 aliphatic rings. The maximum Gasteiger partial charge on any atom is 0.196 e. The van der Waals surface area contributed by atoms with E-state index in [1.807, 2.05) is 0 Å². The van der Waals surface area contributed by atoms with Gasteiger partial charge in [-0.3, -0.25) is 0 Å². The lowest BCUT2D eigenvalue weighted by molar-refractivity contribution is 0.420. The van der Waals surface area contributed by atoms with E-state index in [0.29, 0.717) is 0 Å². The number of benzene rings is 1. The van der Waals surface area contributed by atoms with Crippen LogP contribution in [-0.2, 0) is 6.54 Å². The van der Waals surface area contributed by atoms with Crippen LogP contribution >= 0.6 is 15.9 Å². The second kappa shape index (κ2) is 3.63. The molecule has 0 unspecified atom stereocenters. The number of nitrogens with two attached hydrogens (primary N) is 1. The Hall–Kier alpha value is -0.620. The second-order valence-electron chi connectivity index (χ2n) is 2.25. The summed E-state index contributed by atoms with van der Waals surface area (Å²) in [6, 6.07) is 0. The monoisotopic (exact) mass is 257 g/mol. The Morgan fingerprint density at radius 3 is 1.92 bits per heavy atom. The van der Waals surface area contributed by atoms with Crippen LogP contribution in [0.25, 0.3) is 0 Å². The molecule has 1 aromatic rings. The van der Waals surface area contributed by atoms with Gasteiger partial charge in [-0.2, -0.15) is 0 Å². The third-order valence-electron chi connectivity index (χ3n) is 1.50. The average Bonchev–Trinajstić information content (AvgIpc) is 2.13. The van der Waals surface area contributed by atoms with E-state index < -0.39 is 39.8 Å². The number of hydrogen-bond acceptors (Lipinski definition) is 1. The van der Waals surface area contributed by atoms with Crippen molar-refractivity contribution >= 4 is 15.9 Å². The van der Waals surface area contributed by atoms with Crippen LogP contribution in [0, 0.1) is 23.3 Å². The fraction of sp³-hybridized carbons (Fsp3) is 0.143. The topological polar surface area (TPSA) is 26.0 Å². The van der Waals surface area contributed by atoms with E-state index in [1.165, 1.54) is 0 Å². The lowest BCUT2D eigenvalue weighted by atomic mass is 10.2. The van der Waals surface area contributed by atoms with Crippen molar-refractivity contribution in [2.24, 2.45) is 5.73 Å². The quantitative estimate of drug-likeness (QED) is 0.467. The Labute approximate surface area is 79.7 Å².